The Hall–Kier alpha value is -2.36. The zero-order valence-electron chi connectivity index (χ0n) is 13.1. The van der Waals surface area contributed by atoms with Crippen molar-refractivity contribution in [1.82, 2.24) is 15.3 Å². The van der Waals surface area contributed by atoms with E-state index in [1.54, 1.807) is 24.3 Å². The van der Waals surface area contributed by atoms with Gasteiger partial charge in [0.25, 0.3) is 0 Å². The minimum Gasteiger partial charge on any atom is -0.368 e. The quantitative estimate of drug-likeness (QED) is 0.626. The van der Waals surface area contributed by atoms with Gasteiger partial charge in [-0.3, -0.25) is 4.79 Å². The normalized spacial score (nSPS) is 11.1. The molecule has 0 aliphatic heterocycles. The van der Waals surface area contributed by atoms with Crippen molar-refractivity contribution in [3.63, 3.8) is 0 Å². The van der Waals surface area contributed by atoms with E-state index in [9.17, 15) is 18.0 Å². The summed E-state index contributed by atoms with van der Waals surface area (Å²) in [5.74, 6) is -0.595. The van der Waals surface area contributed by atoms with E-state index in [0.29, 0.717) is 5.69 Å². The average Bonchev–Trinajstić information content (AvgIpc) is 2.53. The van der Waals surface area contributed by atoms with Crippen molar-refractivity contribution in [2.24, 2.45) is 0 Å². The number of benzene rings is 1. The number of carbonyl (C=O) groups excluding carboxylic acids is 1. The van der Waals surface area contributed by atoms with Gasteiger partial charge in [0.2, 0.25) is 11.9 Å². The lowest BCUT2D eigenvalue weighted by Gasteiger charge is -2.15. The van der Waals surface area contributed by atoms with Crippen LogP contribution in [-0.2, 0) is 11.0 Å². The van der Waals surface area contributed by atoms with Gasteiger partial charge in [0.05, 0.1) is 0 Å². The molecule has 1 amide bonds. The highest BCUT2D eigenvalue weighted by molar-refractivity contribution is 9.10. The standard InChI is InChI=1S/C15H15BrF3N5O/c1-9(25)20-6-7-21-13-12(15(17,18)19)8-22-14(24-13)23-11-4-2-10(16)3-5-11/h2-5,8H,6-7H2,1H3,(H,20,25)(H2,21,22,23,24). The Morgan fingerprint density at radius 2 is 1.88 bits per heavy atom. The van der Waals surface area contributed by atoms with Crippen LogP contribution in [0.3, 0.4) is 0 Å². The van der Waals surface area contributed by atoms with Crippen molar-refractivity contribution in [3.8, 4) is 0 Å². The van der Waals surface area contributed by atoms with Gasteiger partial charge < -0.3 is 16.0 Å². The number of alkyl halides is 3. The maximum Gasteiger partial charge on any atom is 0.421 e. The molecule has 3 N–H and O–H groups in total. The van der Waals surface area contributed by atoms with Crippen molar-refractivity contribution in [3.05, 3.63) is 40.5 Å². The van der Waals surface area contributed by atoms with Gasteiger partial charge in [-0.15, -0.1) is 0 Å². The van der Waals surface area contributed by atoms with Crippen molar-refractivity contribution in [1.29, 1.82) is 0 Å². The maximum absolute atomic E-state index is 13.1. The van der Waals surface area contributed by atoms with Gasteiger partial charge in [0.1, 0.15) is 11.4 Å². The fourth-order valence-electron chi connectivity index (χ4n) is 1.87. The van der Waals surface area contributed by atoms with Crippen LogP contribution in [0.25, 0.3) is 0 Å². The van der Waals surface area contributed by atoms with Gasteiger partial charge in [0.15, 0.2) is 0 Å². The van der Waals surface area contributed by atoms with E-state index >= 15 is 0 Å². The summed E-state index contributed by atoms with van der Waals surface area (Å²) in [6, 6.07) is 7.02. The van der Waals surface area contributed by atoms with E-state index in [-0.39, 0.29) is 30.8 Å². The van der Waals surface area contributed by atoms with Crippen LogP contribution in [-0.4, -0.2) is 29.0 Å². The molecule has 1 aromatic heterocycles. The summed E-state index contributed by atoms with van der Waals surface area (Å²) >= 11 is 3.30. The lowest BCUT2D eigenvalue weighted by molar-refractivity contribution is -0.137. The molecule has 0 aliphatic rings. The Morgan fingerprint density at radius 3 is 2.48 bits per heavy atom. The van der Waals surface area contributed by atoms with Gasteiger partial charge in [-0.25, -0.2) is 4.98 Å². The van der Waals surface area contributed by atoms with E-state index in [1.165, 1.54) is 6.92 Å². The molecule has 25 heavy (non-hydrogen) atoms. The van der Waals surface area contributed by atoms with E-state index < -0.39 is 11.7 Å². The molecule has 1 heterocycles. The number of anilines is 3. The third kappa shape index (κ3) is 5.89. The van der Waals surface area contributed by atoms with Gasteiger partial charge in [0, 0.05) is 36.4 Å². The van der Waals surface area contributed by atoms with E-state index in [0.717, 1.165) is 10.7 Å². The van der Waals surface area contributed by atoms with Crippen LogP contribution in [0, 0.1) is 0 Å². The fraction of sp³-hybridized carbons (Fsp3) is 0.267. The zero-order chi connectivity index (χ0) is 18.4. The van der Waals surface area contributed by atoms with Crippen LogP contribution >= 0.6 is 15.9 Å². The monoisotopic (exact) mass is 417 g/mol. The molecule has 0 saturated heterocycles. The highest BCUT2D eigenvalue weighted by Gasteiger charge is 2.35. The summed E-state index contributed by atoms with van der Waals surface area (Å²) in [6.07, 6.45) is -3.87. The first-order chi connectivity index (χ1) is 11.8. The number of carbonyl (C=O) groups is 1. The molecular formula is C15H15BrF3N5O. The Kier molecular flexibility index (Phi) is 6.18. The first kappa shape index (κ1) is 19.0. The number of nitrogens with zero attached hydrogens (tertiary/aromatic N) is 2. The summed E-state index contributed by atoms with van der Waals surface area (Å²) in [5, 5.41) is 7.90. The summed E-state index contributed by atoms with van der Waals surface area (Å²) in [7, 11) is 0. The molecule has 10 heteroatoms. The van der Waals surface area contributed by atoms with Gasteiger partial charge >= 0.3 is 6.18 Å². The summed E-state index contributed by atoms with van der Waals surface area (Å²) < 4.78 is 40.1. The third-order valence-corrected chi connectivity index (χ3v) is 3.51. The number of aromatic nitrogens is 2. The molecule has 2 rings (SSSR count). The van der Waals surface area contributed by atoms with Crippen LogP contribution in [0.5, 0.6) is 0 Å². The molecule has 0 aliphatic carbocycles. The summed E-state index contributed by atoms with van der Waals surface area (Å²) in [6.45, 7) is 1.59. The van der Waals surface area contributed by atoms with Crippen LogP contribution in [0.2, 0.25) is 0 Å². The highest BCUT2D eigenvalue weighted by atomic mass is 79.9. The molecule has 0 saturated carbocycles. The van der Waals surface area contributed by atoms with Crippen molar-refractivity contribution in [2.75, 3.05) is 23.7 Å². The van der Waals surface area contributed by atoms with Crippen LogP contribution < -0.4 is 16.0 Å². The third-order valence-electron chi connectivity index (χ3n) is 2.99. The number of amides is 1. The number of halogens is 4. The Bertz CT molecular complexity index is 737. The number of hydrogen-bond donors (Lipinski definition) is 3. The zero-order valence-corrected chi connectivity index (χ0v) is 14.7. The van der Waals surface area contributed by atoms with Crippen LogP contribution in [0.4, 0.5) is 30.6 Å². The molecule has 0 unspecified atom stereocenters. The Morgan fingerprint density at radius 1 is 1.20 bits per heavy atom. The van der Waals surface area contributed by atoms with Crippen molar-refractivity contribution in [2.45, 2.75) is 13.1 Å². The molecule has 1 aromatic carbocycles. The van der Waals surface area contributed by atoms with Crippen LogP contribution in [0.15, 0.2) is 34.9 Å². The molecule has 134 valence electrons. The van der Waals surface area contributed by atoms with Gasteiger partial charge in [-0.05, 0) is 24.3 Å². The lowest BCUT2D eigenvalue weighted by Crippen LogP contribution is -2.27. The predicted octanol–water partition coefficient (Wildman–Crippen LogP) is 3.55. The largest absolute Gasteiger partial charge is 0.421 e. The van der Waals surface area contributed by atoms with Gasteiger partial charge in [-0.1, -0.05) is 15.9 Å². The van der Waals surface area contributed by atoms with E-state index in [4.69, 9.17) is 0 Å². The lowest BCUT2D eigenvalue weighted by atomic mass is 10.3. The van der Waals surface area contributed by atoms with Crippen molar-refractivity contribution >= 4 is 39.3 Å². The molecular weight excluding hydrogens is 403 g/mol. The molecule has 0 radical (unpaired) electrons. The number of rotatable bonds is 6. The molecule has 0 fully saturated rings. The number of hydrogen-bond acceptors (Lipinski definition) is 5. The second-order valence-corrected chi connectivity index (χ2v) is 5.91. The fourth-order valence-corrected chi connectivity index (χ4v) is 2.13. The smallest absolute Gasteiger partial charge is 0.368 e. The first-order valence-electron chi connectivity index (χ1n) is 7.21. The molecule has 0 atom stereocenters. The Balaban J connectivity index is 2.17. The summed E-state index contributed by atoms with van der Waals surface area (Å²) in [5.41, 5.74) is -0.344. The summed E-state index contributed by atoms with van der Waals surface area (Å²) in [4.78, 5) is 18.4. The molecule has 6 nitrogen and oxygen atoms in total. The molecule has 0 bridgehead atoms. The second kappa shape index (κ2) is 8.15. The number of nitrogens with one attached hydrogen (secondary N) is 3. The molecule has 2 aromatic rings. The first-order valence-corrected chi connectivity index (χ1v) is 8.00. The maximum atomic E-state index is 13.1. The van der Waals surface area contributed by atoms with Crippen LogP contribution in [0.1, 0.15) is 12.5 Å². The minimum atomic E-state index is -4.59. The molecule has 0 spiro atoms. The van der Waals surface area contributed by atoms with Gasteiger partial charge in [-0.2, -0.15) is 18.2 Å². The SMILES string of the molecule is CC(=O)NCCNc1nc(Nc2ccc(Br)cc2)ncc1C(F)(F)F. The van der Waals surface area contributed by atoms with E-state index in [2.05, 4.69) is 41.8 Å². The predicted molar refractivity (Wildman–Crippen MR) is 91.6 cm³/mol. The van der Waals surface area contributed by atoms with Crippen molar-refractivity contribution < 1.29 is 18.0 Å². The second-order valence-electron chi connectivity index (χ2n) is 5.00. The highest BCUT2D eigenvalue weighted by Crippen LogP contribution is 2.34. The minimum absolute atomic E-state index is 0.0253. The topological polar surface area (TPSA) is 78.9 Å². The Labute approximate surface area is 150 Å². The van der Waals surface area contributed by atoms with E-state index in [1.807, 2.05) is 0 Å². The average molecular weight is 418 g/mol.